The number of nitrogens with one attached hydrogen (secondary N) is 1. The van der Waals surface area contributed by atoms with Crippen LogP contribution in [-0.2, 0) is 0 Å². The molecule has 90 valence electrons. The lowest BCUT2D eigenvalue weighted by atomic mass is 10.1. The Kier molecular flexibility index (Phi) is 7.71. The van der Waals surface area contributed by atoms with Crippen LogP contribution in [-0.4, -0.2) is 36.6 Å². The zero-order valence-corrected chi connectivity index (χ0v) is 11.0. The Balaban J connectivity index is 3.72. The highest BCUT2D eigenvalue weighted by molar-refractivity contribution is 4.82. The third-order valence-corrected chi connectivity index (χ3v) is 2.58. The summed E-state index contributed by atoms with van der Waals surface area (Å²) >= 11 is 0. The molecule has 0 unspecified atom stereocenters. The maximum Gasteiger partial charge on any atom is 0.0165 e. The summed E-state index contributed by atoms with van der Waals surface area (Å²) in [5.74, 6) is 0. The van der Waals surface area contributed by atoms with Crippen LogP contribution in [0.25, 0.3) is 0 Å². The zero-order valence-electron chi connectivity index (χ0n) is 11.0. The minimum atomic E-state index is 0.256. The van der Waals surface area contributed by atoms with Crippen LogP contribution >= 0.6 is 0 Å². The van der Waals surface area contributed by atoms with E-state index in [1.54, 1.807) is 0 Å². The van der Waals surface area contributed by atoms with Crippen molar-refractivity contribution in [2.75, 3.05) is 26.2 Å². The Bertz CT molecular complexity index is 158. The summed E-state index contributed by atoms with van der Waals surface area (Å²) in [4.78, 5) is 2.48. The molecule has 1 N–H and O–H groups in total. The van der Waals surface area contributed by atoms with Crippen molar-refractivity contribution < 1.29 is 0 Å². The molecule has 0 aromatic carbocycles. The molecule has 0 saturated heterocycles. The fraction of sp³-hybridized carbons (Fsp3) is 0.846. The Morgan fingerprint density at radius 3 is 2.40 bits per heavy atom. The summed E-state index contributed by atoms with van der Waals surface area (Å²) in [6, 6.07) is 0. The van der Waals surface area contributed by atoms with Crippen LogP contribution in [0.4, 0.5) is 0 Å². The minimum absolute atomic E-state index is 0.256. The van der Waals surface area contributed by atoms with Gasteiger partial charge in [-0.05, 0) is 53.2 Å². The summed E-state index contributed by atoms with van der Waals surface area (Å²) < 4.78 is 0. The van der Waals surface area contributed by atoms with Crippen molar-refractivity contribution >= 4 is 0 Å². The molecule has 0 aromatic heterocycles. The van der Waals surface area contributed by atoms with Gasteiger partial charge in [0.2, 0.25) is 0 Å². The van der Waals surface area contributed by atoms with Gasteiger partial charge in [0.25, 0.3) is 0 Å². The van der Waals surface area contributed by atoms with E-state index in [-0.39, 0.29) is 5.54 Å². The van der Waals surface area contributed by atoms with Crippen LogP contribution in [0.15, 0.2) is 12.7 Å². The summed E-state index contributed by atoms with van der Waals surface area (Å²) in [7, 11) is 0. The molecular formula is C13H28N2. The van der Waals surface area contributed by atoms with Crippen LogP contribution in [0.2, 0.25) is 0 Å². The first-order valence-corrected chi connectivity index (χ1v) is 6.09. The normalized spacial score (nSPS) is 12.1. The highest BCUT2D eigenvalue weighted by atomic mass is 15.2. The number of nitrogens with zero attached hydrogens (tertiary/aromatic N) is 1. The maximum atomic E-state index is 3.82. The third kappa shape index (κ3) is 7.57. The molecular weight excluding hydrogens is 184 g/mol. The fourth-order valence-corrected chi connectivity index (χ4v) is 1.59. The van der Waals surface area contributed by atoms with Gasteiger partial charge in [0.1, 0.15) is 0 Å². The van der Waals surface area contributed by atoms with Gasteiger partial charge >= 0.3 is 0 Å². The molecule has 0 rings (SSSR count). The molecule has 0 spiro atoms. The smallest absolute Gasteiger partial charge is 0.0165 e. The first-order chi connectivity index (χ1) is 7.02. The molecule has 0 atom stereocenters. The van der Waals surface area contributed by atoms with E-state index in [0.29, 0.717) is 0 Å². The van der Waals surface area contributed by atoms with Gasteiger partial charge in [-0.1, -0.05) is 13.0 Å². The Morgan fingerprint density at radius 2 is 1.93 bits per heavy atom. The van der Waals surface area contributed by atoms with E-state index in [2.05, 4.69) is 44.5 Å². The monoisotopic (exact) mass is 212 g/mol. The predicted octanol–water partition coefficient (Wildman–Crippen LogP) is 2.66. The molecule has 2 heteroatoms. The SMILES string of the molecule is C=CCN(CCCCNCC)C(C)(C)C. The van der Waals surface area contributed by atoms with E-state index in [1.165, 1.54) is 19.4 Å². The summed E-state index contributed by atoms with van der Waals surface area (Å²) in [5, 5.41) is 3.35. The lowest BCUT2D eigenvalue weighted by Gasteiger charge is -2.34. The van der Waals surface area contributed by atoms with Crippen molar-refractivity contribution in [1.82, 2.24) is 10.2 Å². The quantitative estimate of drug-likeness (QED) is 0.491. The van der Waals surface area contributed by atoms with Gasteiger partial charge in [-0.15, -0.1) is 6.58 Å². The highest BCUT2D eigenvalue weighted by Gasteiger charge is 2.18. The van der Waals surface area contributed by atoms with E-state index in [1.807, 2.05) is 6.08 Å². The first kappa shape index (κ1) is 14.7. The van der Waals surface area contributed by atoms with Gasteiger partial charge in [0, 0.05) is 12.1 Å². The average molecular weight is 212 g/mol. The van der Waals surface area contributed by atoms with Crippen molar-refractivity contribution in [3.05, 3.63) is 12.7 Å². The lowest BCUT2D eigenvalue weighted by Crippen LogP contribution is -2.42. The minimum Gasteiger partial charge on any atom is -0.317 e. The molecule has 0 fully saturated rings. The van der Waals surface area contributed by atoms with Crippen LogP contribution in [0.1, 0.15) is 40.5 Å². The van der Waals surface area contributed by atoms with Crippen molar-refractivity contribution in [1.29, 1.82) is 0 Å². The molecule has 0 aliphatic heterocycles. The third-order valence-electron chi connectivity index (χ3n) is 2.58. The van der Waals surface area contributed by atoms with Gasteiger partial charge in [0.15, 0.2) is 0 Å². The van der Waals surface area contributed by atoms with Crippen LogP contribution in [0.5, 0.6) is 0 Å². The molecule has 0 radical (unpaired) electrons. The molecule has 0 aliphatic carbocycles. The maximum absolute atomic E-state index is 3.82. The zero-order chi connectivity index (χ0) is 11.7. The molecule has 0 bridgehead atoms. The second-order valence-electron chi connectivity index (χ2n) is 4.97. The van der Waals surface area contributed by atoms with Crippen LogP contribution in [0, 0.1) is 0 Å². The van der Waals surface area contributed by atoms with Crippen molar-refractivity contribution in [2.24, 2.45) is 0 Å². The molecule has 0 heterocycles. The van der Waals surface area contributed by atoms with E-state index >= 15 is 0 Å². The molecule has 0 aliphatic rings. The number of hydrogen-bond donors (Lipinski definition) is 1. The van der Waals surface area contributed by atoms with Crippen molar-refractivity contribution in [2.45, 2.75) is 46.1 Å². The van der Waals surface area contributed by atoms with Crippen molar-refractivity contribution in [3.63, 3.8) is 0 Å². The number of hydrogen-bond acceptors (Lipinski definition) is 2. The Hall–Kier alpha value is -0.340. The Morgan fingerprint density at radius 1 is 1.27 bits per heavy atom. The first-order valence-electron chi connectivity index (χ1n) is 6.09. The fourth-order valence-electron chi connectivity index (χ4n) is 1.59. The number of unbranched alkanes of at least 4 members (excludes halogenated alkanes) is 1. The average Bonchev–Trinajstić information content (AvgIpc) is 2.14. The summed E-state index contributed by atoms with van der Waals surface area (Å²) in [5.41, 5.74) is 0.256. The van der Waals surface area contributed by atoms with Gasteiger partial charge in [0.05, 0.1) is 0 Å². The van der Waals surface area contributed by atoms with Gasteiger partial charge in [-0.3, -0.25) is 4.90 Å². The topological polar surface area (TPSA) is 15.3 Å². The lowest BCUT2D eigenvalue weighted by molar-refractivity contribution is 0.151. The molecule has 0 amide bonds. The second-order valence-corrected chi connectivity index (χ2v) is 4.97. The van der Waals surface area contributed by atoms with E-state index in [9.17, 15) is 0 Å². The van der Waals surface area contributed by atoms with Crippen LogP contribution < -0.4 is 5.32 Å². The standard InChI is InChI=1S/C13H28N2/c1-6-11-15(13(3,4)5)12-9-8-10-14-7-2/h6,14H,1,7-12H2,2-5H3. The predicted molar refractivity (Wildman–Crippen MR) is 69.3 cm³/mol. The highest BCUT2D eigenvalue weighted by Crippen LogP contribution is 2.13. The van der Waals surface area contributed by atoms with Gasteiger partial charge in [-0.2, -0.15) is 0 Å². The van der Waals surface area contributed by atoms with E-state index < -0.39 is 0 Å². The second kappa shape index (κ2) is 7.89. The van der Waals surface area contributed by atoms with Crippen LogP contribution in [0.3, 0.4) is 0 Å². The van der Waals surface area contributed by atoms with Gasteiger partial charge < -0.3 is 5.32 Å². The van der Waals surface area contributed by atoms with Gasteiger partial charge in [-0.25, -0.2) is 0 Å². The number of rotatable bonds is 8. The van der Waals surface area contributed by atoms with E-state index in [4.69, 9.17) is 0 Å². The molecule has 15 heavy (non-hydrogen) atoms. The summed E-state index contributed by atoms with van der Waals surface area (Å²) in [6.45, 7) is 17.1. The summed E-state index contributed by atoms with van der Waals surface area (Å²) in [6.07, 6.45) is 4.52. The molecule has 0 aromatic rings. The Labute approximate surface area is 95.7 Å². The van der Waals surface area contributed by atoms with Crippen molar-refractivity contribution in [3.8, 4) is 0 Å². The largest absolute Gasteiger partial charge is 0.317 e. The van der Waals surface area contributed by atoms with E-state index in [0.717, 1.165) is 19.6 Å². The molecule has 2 nitrogen and oxygen atoms in total. The molecule has 0 saturated carbocycles.